The minimum atomic E-state index is -0.00378. The molecule has 0 radical (unpaired) electrons. The molecule has 2 heterocycles. The van der Waals surface area contributed by atoms with E-state index in [9.17, 15) is 4.79 Å². The molecule has 1 aromatic heterocycles. The molecule has 1 aliphatic heterocycles. The van der Waals surface area contributed by atoms with Crippen molar-refractivity contribution in [1.29, 1.82) is 0 Å². The molecule has 0 spiro atoms. The lowest BCUT2D eigenvalue weighted by Crippen LogP contribution is -2.40. The van der Waals surface area contributed by atoms with Crippen LogP contribution >= 0.6 is 0 Å². The van der Waals surface area contributed by atoms with Crippen LogP contribution in [0.4, 0.5) is 4.79 Å². The molecule has 0 atom stereocenters. The first-order chi connectivity index (χ1) is 10.2. The fourth-order valence-electron chi connectivity index (χ4n) is 3.47. The third kappa shape index (κ3) is 3.36. The van der Waals surface area contributed by atoms with Crippen LogP contribution in [-0.2, 0) is 19.5 Å². The van der Waals surface area contributed by atoms with Gasteiger partial charge in [0.1, 0.15) is 5.82 Å². The number of aromatic nitrogens is 3. The Bertz CT molecular complexity index is 492. The van der Waals surface area contributed by atoms with E-state index in [1.807, 2.05) is 11.9 Å². The average molecular weight is 291 g/mol. The maximum absolute atomic E-state index is 12.2. The summed E-state index contributed by atoms with van der Waals surface area (Å²) in [6.45, 7) is 2.32. The molecule has 1 saturated carbocycles. The van der Waals surface area contributed by atoms with E-state index in [0.29, 0.717) is 12.5 Å². The van der Waals surface area contributed by atoms with E-state index in [1.165, 1.54) is 32.1 Å². The smallest absolute Gasteiger partial charge is 0.317 e. The number of hydrogen-bond acceptors (Lipinski definition) is 3. The first kappa shape index (κ1) is 14.4. The first-order valence-electron chi connectivity index (χ1n) is 8.14. The maximum Gasteiger partial charge on any atom is 0.317 e. The third-order valence-corrected chi connectivity index (χ3v) is 4.69. The Morgan fingerprint density at radius 1 is 1.29 bits per heavy atom. The average Bonchev–Trinajstić information content (AvgIpc) is 3.09. The van der Waals surface area contributed by atoms with Crippen LogP contribution in [0, 0.1) is 5.92 Å². The van der Waals surface area contributed by atoms with E-state index in [-0.39, 0.29) is 6.03 Å². The quantitative estimate of drug-likeness (QED) is 0.922. The highest BCUT2D eigenvalue weighted by Crippen LogP contribution is 2.24. The molecule has 116 valence electrons. The molecule has 6 heteroatoms. The number of carbonyl (C=O) groups excluding carboxylic acids is 1. The second-order valence-electron chi connectivity index (χ2n) is 6.33. The van der Waals surface area contributed by atoms with Crippen LogP contribution < -0.4 is 5.32 Å². The molecule has 0 aromatic carbocycles. The minimum absolute atomic E-state index is 0.00378. The van der Waals surface area contributed by atoms with Gasteiger partial charge in [-0.15, -0.1) is 10.2 Å². The Kier molecular flexibility index (Phi) is 4.41. The summed E-state index contributed by atoms with van der Waals surface area (Å²) in [7, 11) is 1.89. The fraction of sp³-hybridized carbons (Fsp3) is 0.800. The van der Waals surface area contributed by atoms with Crippen LogP contribution in [0.15, 0.2) is 0 Å². The van der Waals surface area contributed by atoms with E-state index in [4.69, 9.17) is 0 Å². The van der Waals surface area contributed by atoms with Crippen molar-refractivity contribution in [2.75, 3.05) is 13.6 Å². The summed E-state index contributed by atoms with van der Waals surface area (Å²) in [5.41, 5.74) is 0. The number of fused-ring (bicyclic) bond motifs is 1. The van der Waals surface area contributed by atoms with E-state index in [1.54, 1.807) is 0 Å². The summed E-state index contributed by atoms with van der Waals surface area (Å²) < 4.78 is 2.13. The van der Waals surface area contributed by atoms with Crippen LogP contribution in [0.2, 0.25) is 0 Å². The second-order valence-corrected chi connectivity index (χ2v) is 6.33. The largest absolute Gasteiger partial charge is 0.331 e. The molecule has 2 aliphatic rings. The van der Waals surface area contributed by atoms with Gasteiger partial charge in [0.05, 0.1) is 6.54 Å². The Morgan fingerprint density at radius 2 is 2.10 bits per heavy atom. The van der Waals surface area contributed by atoms with Crippen LogP contribution in [0.25, 0.3) is 0 Å². The highest BCUT2D eigenvalue weighted by atomic mass is 16.2. The Balaban J connectivity index is 1.46. The molecule has 1 aromatic rings. The van der Waals surface area contributed by atoms with E-state index in [0.717, 1.165) is 37.6 Å². The normalized spacial score (nSPS) is 18.5. The number of nitrogens with zero attached hydrogens (tertiary/aromatic N) is 4. The molecular weight excluding hydrogens is 266 g/mol. The third-order valence-electron chi connectivity index (χ3n) is 4.69. The van der Waals surface area contributed by atoms with Crippen LogP contribution in [-0.4, -0.2) is 39.3 Å². The monoisotopic (exact) mass is 291 g/mol. The molecule has 1 fully saturated rings. The lowest BCUT2D eigenvalue weighted by Gasteiger charge is -2.27. The van der Waals surface area contributed by atoms with Crippen molar-refractivity contribution >= 4 is 6.03 Å². The molecule has 0 saturated heterocycles. The number of urea groups is 1. The molecule has 1 N–H and O–H groups in total. The number of rotatable bonds is 4. The summed E-state index contributed by atoms with van der Waals surface area (Å²) >= 11 is 0. The van der Waals surface area contributed by atoms with Crippen molar-refractivity contribution in [2.45, 2.75) is 58.0 Å². The number of aryl methyl sites for hydroxylation is 1. The topological polar surface area (TPSA) is 63.1 Å². The summed E-state index contributed by atoms with van der Waals surface area (Å²) in [5.74, 6) is 2.60. The first-order valence-corrected chi connectivity index (χ1v) is 8.14. The van der Waals surface area contributed by atoms with Crippen molar-refractivity contribution in [2.24, 2.45) is 5.92 Å². The Labute approximate surface area is 125 Å². The predicted molar refractivity (Wildman–Crippen MR) is 79.8 cm³/mol. The molecule has 1 aliphatic carbocycles. The van der Waals surface area contributed by atoms with E-state index >= 15 is 0 Å². The van der Waals surface area contributed by atoms with E-state index < -0.39 is 0 Å². The number of carbonyl (C=O) groups is 1. The maximum atomic E-state index is 12.2. The minimum Gasteiger partial charge on any atom is -0.331 e. The molecule has 2 amide bonds. The molecule has 0 bridgehead atoms. The van der Waals surface area contributed by atoms with Crippen molar-refractivity contribution in [1.82, 2.24) is 25.0 Å². The number of amides is 2. The summed E-state index contributed by atoms with van der Waals surface area (Å²) in [6, 6.07) is -0.00378. The lowest BCUT2D eigenvalue weighted by atomic mass is 9.89. The molecule has 3 rings (SSSR count). The van der Waals surface area contributed by atoms with Gasteiger partial charge in [-0.3, -0.25) is 0 Å². The van der Waals surface area contributed by atoms with Gasteiger partial charge in [-0.1, -0.05) is 19.3 Å². The van der Waals surface area contributed by atoms with Gasteiger partial charge in [0.25, 0.3) is 0 Å². The molecule has 21 heavy (non-hydrogen) atoms. The molecule has 6 nitrogen and oxygen atoms in total. The Hall–Kier alpha value is -1.59. The summed E-state index contributed by atoms with van der Waals surface area (Å²) in [4.78, 5) is 14.0. The zero-order valence-electron chi connectivity index (χ0n) is 12.8. The predicted octanol–water partition coefficient (Wildman–Crippen LogP) is 1.95. The number of nitrogens with one attached hydrogen (secondary N) is 1. The van der Waals surface area contributed by atoms with Crippen LogP contribution in [0.3, 0.4) is 0 Å². The van der Waals surface area contributed by atoms with Crippen molar-refractivity contribution in [3.63, 3.8) is 0 Å². The van der Waals surface area contributed by atoms with Crippen molar-refractivity contribution in [3.8, 4) is 0 Å². The van der Waals surface area contributed by atoms with Gasteiger partial charge in [-0.05, 0) is 25.2 Å². The zero-order chi connectivity index (χ0) is 14.7. The Morgan fingerprint density at radius 3 is 2.90 bits per heavy atom. The fourth-order valence-corrected chi connectivity index (χ4v) is 3.47. The van der Waals surface area contributed by atoms with Gasteiger partial charge >= 0.3 is 6.03 Å². The van der Waals surface area contributed by atoms with Gasteiger partial charge in [-0.2, -0.15) is 0 Å². The van der Waals surface area contributed by atoms with Gasteiger partial charge < -0.3 is 14.8 Å². The summed E-state index contributed by atoms with van der Waals surface area (Å²) in [6.07, 6.45) is 8.63. The van der Waals surface area contributed by atoms with Gasteiger partial charge in [0, 0.05) is 26.6 Å². The van der Waals surface area contributed by atoms with Crippen molar-refractivity contribution < 1.29 is 4.79 Å². The van der Waals surface area contributed by atoms with Crippen molar-refractivity contribution in [3.05, 3.63) is 11.6 Å². The highest BCUT2D eigenvalue weighted by Gasteiger charge is 2.20. The van der Waals surface area contributed by atoms with Crippen LogP contribution in [0.5, 0.6) is 0 Å². The van der Waals surface area contributed by atoms with Gasteiger partial charge in [0.15, 0.2) is 5.82 Å². The van der Waals surface area contributed by atoms with Gasteiger partial charge in [0.2, 0.25) is 0 Å². The SMILES string of the molecule is CN(CC1CCCCC1)C(=O)NCc1nnc2n1CCC2. The van der Waals surface area contributed by atoms with E-state index in [2.05, 4.69) is 20.1 Å². The highest BCUT2D eigenvalue weighted by molar-refractivity contribution is 5.73. The standard InChI is InChI=1S/C15H25N5O/c1-19(11-12-6-3-2-4-7-12)15(21)16-10-14-18-17-13-8-5-9-20(13)14/h12H,2-11H2,1H3,(H,16,21). The molecular formula is C15H25N5O. The lowest BCUT2D eigenvalue weighted by molar-refractivity contribution is 0.191. The number of hydrogen-bond donors (Lipinski definition) is 1. The van der Waals surface area contributed by atoms with Gasteiger partial charge in [-0.25, -0.2) is 4.79 Å². The zero-order valence-corrected chi connectivity index (χ0v) is 12.8. The van der Waals surface area contributed by atoms with Crippen LogP contribution in [0.1, 0.15) is 50.2 Å². The second kappa shape index (κ2) is 6.45. The summed E-state index contributed by atoms with van der Waals surface area (Å²) in [5, 5.41) is 11.3. The molecule has 0 unspecified atom stereocenters.